The number of aromatic nitrogens is 3. The van der Waals surface area contributed by atoms with Crippen LogP contribution in [0.1, 0.15) is 12.5 Å². The molecule has 3 heterocycles. The molecule has 0 atom stereocenters. The van der Waals surface area contributed by atoms with E-state index in [1.807, 2.05) is 35.2 Å². The topological polar surface area (TPSA) is 97.5 Å². The molecule has 1 saturated heterocycles. The van der Waals surface area contributed by atoms with Gasteiger partial charge in [-0.15, -0.1) is 0 Å². The van der Waals surface area contributed by atoms with Crippen molar-refractivity contribution in [1.82, 2.24) is 15.0 Å². The summed E-state index contributed by atoms with van der Waals surface area (Å²) in [5.41, 5.74) is 0.939. The number of piperazine rings is 1. The lowest BCUT2D eigenvalue weighted by atomic mass is 10.2. The normalized spacial score (nSPS) is 13.9. The summed E-state index contributed by atoms with van der Waals surface area (Å²) in [6, 6.07) is 13.2. The average molecular weight is 406 g/mol. The Balaban J connectivity index is 1.55. The van der Waals surface area contributed by atoms with Gasteiger partial charge < -0.3 is 14.5 Å². The number of anilines is 2. The molecular weight excluding hydrogens is 384 g/mol. The van der Waals surface area contributed by atoms with Crippen molar-refractivity contribution in [3.8, 4) is 11.6 Å². The molecule has 0 saturated carbocycles. The van der Waals surface area contributed by atoms with Gasteiger partial charge in [0.1, 0.15) is 17.9 Å². The van der Waals surface area contributed by atoms with Crippen molar-refractivity contribution in [1.29, 1.82) is 0 Å². The Bertz CT molecular complexity index is 1010. The molecule has 9 heteroatoms. The van der Waals surface area contributed by atoms with E-state index in [4.69, 9.17) is 4.74 Å². The third-order valence-electron chi connectivity index (χ3n) is 5.05. The Labute approximate surface area is 174 Å². The number of rotatable bonds is 6. The SMILES string of the molecule is CCc1ccc(Oc2ncnc(N3CCN(c4ccccn4)CC3)c2[N+](=O)[O-])cc1. The summed E-state index contributed by atoms with van der Waals surface area (Å²) in [7, 11) is 0. The van der Waals surface area contributed by atoms with Gasteiger partial charge in [0.05, 0.1) is 4.92 Å². The summed E-state index contributed by atoms with van der Waals surface area (Å²) in [6.45, 7) is 4.60. The van der Waals surface area contributed by atoms with Crippen LogP contribution >= 0.6 is 0 Å². The summed E-state index contributed by atoms with van der Waals surface area (Å²) < 4.78 is 5.75. The van der Waals surface area contributed by atoms with Crippen LogP contribution in [0.4, 0.5) is 17.3 Å². The highest BCUT2D eigenvalue weighted by atomic mass is 16.6. The van der Waals surface area contributed by atoms with Crippen molar-refractivity contribution in [2.75, 3.05) is 36.0 Å². The molecule has 9 nitrogen and oxygen atoms in total. The monoisotopic (exact) mass is 406 g/mol. The first-order valence-electron chi connectivity index (χ1n) is 9.83. The van der Waals surface area contributed by atoms with Crippen LogP contribution in [0.15, 0.2) is 55.0 Å². The van der Waals surface area contributed by atoms with Gasteiger partial charge >= 0.3 is 11.6 Å². The Kier molecular flexibility index (Phi) is 5.69. The molecule has 1 aliphatic heterocycles. The van der Waals surface area contributed by atoms with Crippen LogP contribution in [0.2, 0.25) is 0 Å². The van der Waals surface area contributed by atoms with E-state index >= 15 is 0 Å². The lowest BCUT2D eigenvalue weighted by Gasteiger charge is -2.35. The summed E-state index contributed by atoms with van der Waals surface area (Å²) >= 11 is 0. The van der Waals surface area contributed by atoms with E-state index in [9.17, 15) is 10.1 Å². The second-order valence-electron chi connectivity index (χ2n) is 6.87. The van der Waals surface area contributed by atoms with Crippen LogP contribution in [-0.4, -0.2) is 46.1 Å². The standard InChI is InChI=1S/C21H22N6O3/c1-2-16-6-8-17(9-7-16)30-21-19(27(28)29)20(23-15-24-21)26-13-11-25(12-14-26)18-5-3-4-10-22-18/h3-10,15H,2,11-14H2,1H3. The Morgan fingerprint density at radius 3 is 2.37 bits per heavy atom. The van der Waals surface area contributed by atoms with Gasteiger partial charge in [-0.1, -0.05) is 25.1 Å². The van der Waals surface area contributed by atoms with E-state index < -0.39 is 4.92 Å². The van der Waals surface area contributed by atoms with Crippen LogP contribution in [0.3, 0.4) is 0 Å². The summed E-state index contributed by atoms with van der Waals surface area (Å²) in [4.78, 5) is 28.0. The van der Waals surface area contributed by atoms with Crippen molar-refractivity contribution >= 4 is 17.3 Å². The van der Waals surface area contributed by atoms with Crippen molar-refractivity contribution in [3.63, 3.8) is 0 Å². The summed E-state index contributed by atoms with van der Waals surface area (Å²) in [6.07, 6.45) is 3.97. The van der Waals surface area contributed by atoms with Crippen LogP contribution in [-0.2, 0) is 6.42 Å². The first-order valence-corrected chi connectivity index (χ1v) is 9.83. The molecule has 30 heavy (non-hydrogen) atoms. The van der Waals surface area contributed by atoms with Gasteiger partial charge in [0.2, 0.25) is 5.82 Å². The molecule has 2 aromatic heterocycles. The predicted molar refractivity (Wildman–Crippen MR) is 113 cm³/mol. The van der Waals surface area contributed by atoms with E-state index in [1.165, 1.54) is 6.33 Å². The zero-order chi connectivity index (χ0) is 20.9. The van der Waals surface area contributed by atoms with Crippen molar-refractivity contribution in [3.05, 3.63) is 70.7 Å². The van der Waals surface area contributed by atoms with Crippen molar-refractivity contribution < 1.29 is 9.66 Å². The molecule has 0 N–H and O–H groups in total. The third-order valence-corrected chi connectivity index (χ3v) is 5.05. The minimum Gasteiger partial charge on any atom is -0.434 e. The van der Waals surface area contributed by atoms with Gasteiger partial charge in [0, 0.05) is 32.4 Å². The lowest BCUT2D eigenvalue weighted by molar-refractivity contribution is -0.385. The number of nitro groups is 1. The maximum Gasteiger partial charge on any atom is 0.373 e. The maximum atomic E-state index is 11.9. The number of hydrogen-bond donors (Lipinski definition) is 0. The first-order chi connectivity index (χ1) is 14.7. The fourth-order valence-corrected chi connectivity index (χ4v) is 3.41. The molecule has 154 valence electrons. The average Bonchev–Trinajstić information content (AvgIpc) is 2.80. The summed E-state index contributed by atoms with van der Waals surface area (Å²) in [5.74, 6) is 1.62. The molecule has 0 aliphatic carbocycles. The van der Waals surface area contributed by atoms with Crippen LogP contribution in [0, 0.1) is 10.1 Å². The van der Waals surface area contributed by atoms with E-state index in [0.29, 0.717) is 31.9 Å². The highest BCUT2D eigenvalue weighted by Gasteiger charge is 2.30. The van der Waals surface area contributed by atoms with Crippen LogP contribution < -0.4 is 14.5 Å². The molecule has 0 radical (unpaired) electrons. The van der Waals surface area contributed by atoms with Gasteiger partial charge in [0.15, 0.2) is 0 Å². The van der Waals surface area contributed by atoms with Gasteiger partial charge in [0.25, 0.3) is 0 Å². The van der Waals surface area contributed by atoms with Gasteiger partial charge in [-0.05, 0) is 36.2 Å². The largest absolute Gasteiger partial charge is 0.434 e. The highest BCUT2D eigenvalue weighted by Crippen LogP contribution is 2.36. The second kappa shape index (κ2) is 8.73. The molecule has 1 aliphatic rings. The Hall–Kier alpha value is -3.75. The van der Waals surface area contributed by atoms with Gasteiger partial charge in [-0.3, -0.25) is 10.1 Å². The number of benzene rings is 1. The number of ether oxygens (including phenoxy) is 1. The fraction of sp³-hybridized carbons (Fsp3) is 0.286. The second-order valence-corrected chi connectivity index (χ2v) is 6.87. The Morgan fingerprint density at radius 2 is 1.73 bits per heavy atom. The highest BCUT2D eigenvalue weighted by molar-refractivity contribution is 5.64. The maximum absolute atomic E-state index is 11.9. The molecule has 0 bridgehead atoms. The Morgan fingerprint density at radius 1 is 1.00 bits per heavy atom. The predicted octanol–water partition coefficient (Wildman–Crippen LogP) is 3.46. The van der Waals surface area contributed by atoms with E-state index in [-0.39, 0.29) is 17.4 Å². The van der Waals surface area contributed by atoms with E-state index in [2.05, 4.69) is 26.8 Å². The van der Waals surface area contributed by atoms with Crippen LogP contribution in [0.25, 0.3) is 0 Å². The number of hydrogen-bond acceptors (Lipinski definition) is 8. The van der Waals surface area contributed by atoms with E-state index in [1.54, 1.807) is 18.3 Å². The fourth-order valence-electron chi connectivity index (χ4n) is 3.41. The summed E-state index contributed by atoms with van der Waals surface area (Å²) in [5, 5.41) is 11.9. The van der Waals surface area contributed by atoms with Crippen LogP contribution in [0.5, 0.6) is 11.6 Å². The molecular formula is C21H22N6O3. The molecule has 0 amide bonds. The van der Waals surface area contributed by atoms with Gasteiger partial charge in [-0.25, -0.2) is 9.97 Å². The molecule has 1 fully saturated rings. The van der Waals surface area contributed by atoms with Gasteiger partial charge in [-0.2, -0.15) is 4.98 Å². The number of pyridine rings is 1. The molecule has 4 rings (SSSR count). The van der Waals surface area contributed by atoms with E-state index in [0.717, 1.165) is 17.8 Å². The quantitative estimate of drug-likeness (QED) is 0.453. The number of nitrogens with zero attached hydrogens (tertiary/aromatic N) is 6. The van der Waals surface area contributed by atoms with Crippen molar-refractivity contribution in [2.24, 2.45) is 0 Å². The zero-order valence-corrected chi connectivity index (χ0v) is 16.6. The minimum absolute atomic E-state index is 0.0543. The lowest BCUT2D eigenvalue weighted by Crippen LogP contribution is -2.47. The smallest absolute Gasteiger partial charge is 0.373 e. The molecule has 3 aromatic rings. The van der Waals surface area contributed by atoms with Crippen molar-refractivity contribution in [2.45, 2.75) is 13.3 Å². The minimum atomic E-state index is -0.476. The zero-order valence-electron chi connectivity index (χ0n) is 16.6. The third kappa shape index (κ3) is 4.14. The molecule has 0 unspecified atom stereocenters. The molecule has 0 spiro atoms. The number of aryl methyl sites for hydroxylation is 1. The first kappa shape index (κ1) is 19.6. The molecule has 1 aromatic carbocycles.